The minimum Gasteiger partial charge on any atom is -0.444 e. The fraction of sp³-hybridized carbons (Fsp3) is 0.769. The van der Waals surface area contributed by atoms with Crippen LogP contribution in [0.1, 0.15) is 104 Å². The van der Waals surface area contributed by atoms with E-state index in [2.05, 4.69) is 28.8 Å². The highest BCUT2D eigenvalue weighted by Crippen LogP contribution is 2.36. The first-order valence-electron chi connectivity index (χ1n) is 13.3. The van der Waals surface area contributed by atoms with Crippen molar-refractivity contribution in [1.82, 2.24) is 24.6 Å². The van der Waals surface area contributed by atoms with Gasteiger partial charge in [-0.15, -0.1) is 0 Å². The van der Waals surface area contributed by atoms with Gasteiger partial charge >= 0.3 is 6.09 Å². The monoisotopic (exact) mass is 486 g/mol. The Hall–Kier alpha value is -2.42. The number of likely N-dealkylation sites (tertiary alicyclic amines) is 1. The highest BCUT2D eigenvalue weighted by Gasteiger charge is 2.32. The number of aliphatic hydroxyl groups excluding tert-OH is 1. The van der Waals surface area contributed by atoms with Crippen LogP contribution in [-0.2, 0) is 4.74 Å². The summed E-state index contributed by atoms with van der Waals surface area (Å²) in [5, 5.41) is 19.6. The number of carbonyl (C=O) groups excluding carboxylic acids is 1. The molecule has 2 aromatic rings. The van der Waals surface area contributed by atoms with Crippen LogP contribution in [0.3, 0.4) is 0 Å². The van der Waals surface area contributed by atoms with Gasteiger partial charge in [0.15, 0.2) is 5.65 Å². The Morgan fingerprint density at radius 1 is 1.20 bits per heavy atom. The maximum absolute atomic E-state index is 12.5. The number of nitrogens with one attached hydrogen (secondary N) is 1. The van der Waals surface area contributed by atoms with E-state index in [-0.39, 0.29) is 24.2 Å². The van der Waals surface area contributed by atoms with Crippen LogP contribution in [0.5, 0.6) is 0 Å². The predicted octanol–water partition coefficient (Wildman–Crippen LogP) is 5.02. The number of piperidine rings is 1. The van der Waals surface area contributed by atoms with Crippen LogP contribution >= 0.6 is 0 Å². The van der Waals surface area contributed by atoms with Gasteiger partial charge in [0.2, 0.25) is 5.95 Å². The summed E-state index contributed by atoms with van der Waals surface area (Å²) < 4.78 is 7.65. The van der Waals surface area contributed by atoms with E-state index in [1.807, 2.05) is 27.0 Å². The zero-order chi connectivity index (χ0) is 25.2. The predicted molar refractivity (Wildman–Crippen MR) is 137 cm³/mol. The topological polar surface area (TPSA) is 105 Å². The maximum Gasteiger partial charge on any atom is 0.410 e. The number of carbonyl (C=O) groups is 1. The van der Waals surface area contributed by atoms with Gasteiger partial charge in [-0.05, 0) is 72.6 Å². The summed E-state index contributed by atoms with van der Waals surface area (Å²) in [6, 6.07) is 0.530. The zero-order valence-electron chi connectivity index (χ0n) is 22.0. The van der Waals surface area contributed by atoms with Gasteiger partial charge in [-0.2, -0.15) is 10.1 Å². The molecule has 35 heavy (non-hydrogen) atoms. The number of rotatable bonds is 6. The van der Waals surface area contributed by atoms with E-state index < -0.39 is 5.60 Å². The lowest BCUT2D eigenvalue weighted by Gasteiger charge is -2.33. The summed E-state index contributed by atoms with van der Waals surface area (Å²) in [7, 11) is 0. The van der Waals surface area contributed by atoms with Crippen molar-refractivity contribution >= 4 is 23.1 Å². The molecule has 1 atom stereocenters. The van der Waals surface area contributed by atoms with Gasteiger partial charge in [0, 0.05) is 31.2 Å². The average molecular weight is 487 g/mol. The number of fused-ring (bicyclic) bond motifs is 1. The third-order valence-corrected chi connectivity index (χ3v) is 7.12. The number of hydrogen-bond acceptors (Lipinski definition) is 7. The second-order valence-electron chi connectivity index (χ2n) is 11.3. The third-order valence-electron chi connectivity index (χ3n) is 7.12. The number of nitrogens with zero attached hydrogens (tertiary/aromatic N) is 5. The van der Waals surface area contributed by atoms with Crippen LogP contribution < -0.4 is 5.32 Å². The Bertz CT molecular complexity index is 1000. The number of hydrogen-bond donors (Lipinski definition) is 2. The Kier molecular flexibility index (Phi) is 7.83. The van der Waals surface area contributed by atoms with E-state index in [0.717, 1.165) is 68.1 Å². The third kappa shape index (κ3) is 6.23. The molecule has 1 saturated carbocycles. The lowest BCUT2D eigenvalue weighted by Crippen LogP contribution is -2.41. The summed E-state index contributed by atoms with van der Waals surface area (Å²) in [6.45, 7) is 11.3. The first kappa shape index (κ1) is 25.7. The van der Waals surface area contributed by atoms with Gasteiger partial charge in [0.1, 0.15) is 5.60 Å². The number of aliphatic hydroxyl groups is 1. The van der Waals surface area contributed by atoms with Gasteiger partial charge in [0.05, 0.1) is 23.2 Å². The van der Waals surface area contributed by atoms with Crippen molar-refractivity contribution in [3.63, 3.8) is 0 Å². The smallest absolute Gasteiger partial charge is 0.410 e. The van der Waals surface area contributed by atoms with Crippen LogP contribution in [0.15, 0.2) is 6.20 Å². The van der Waals surface area contributed by atoms with Crippen molar-refractivity contribution in [2.45, 2.75) is 116 Å². The molecular weight excluding hydrogens is 444 g/mol. The van der Waals surface area contributed by atoms with Crippen LogP contribution in [0, 0.1) is 0 Å². The second kappa shape index (κ2) is 10.7. The quantitative estimate of drug-likeness (QED) is 0.591. The van der Waals surface area contributed by atoms with Crippen LogP contribution in [0.2, 0.25) is 0 Å². The molecule has 1 aliphatic heterocycles. The minimum absolute atomic E-state index is 0.216. The van der Waals surface area contributed by atoms with E-state index in [1.165, 1.54) is 0 Å². The van der Waals surface area contributed by atoms with E-state index >= 15 is 0 Å². The van der Waals surface area contributed by atoms with Crippen LogP contribution in [-0.4, -0.2) is 66.7 Å². The number of amides is 1. The normalized spacial score (nSPS) is 22.9. The van der Waals surface area contributed by atoms with Crippen molar-refractivity contribution in [3.05, 3.63) is 11.9 Å². The Morgan fingerprint density at radius 2 is 1.89 bits per heavy atom. The highest BCUT2D eigenvalue weighted by molar-refractivity contribution is 5.79. The molecule has 2 aromatic heterocycles. The molecule has 2 fully saturated rings. The number of aromatic nitrogens is 4. The molecule has 0 unspecified atom stereocenters. The van der Waals surface area contributed by atoms with Crippen LogP contribution in [0.4, 0.5) is 10.7 Å². The van der Waals surface area contributed by atoms with Gasteiger partial charge < -0.3 is 20.1 Å². The highest BCUT2D eigenvalue weighted by atomic mass is 16.6. The summed E-state index contributed by atoms with van der Waals surface area (Å²) in [6.07, 6.45) is 8.66. The number of anilines is 1. The van der Waals surface area contributed by atoms with Gasteiger partial charge in [0.25, 0.3) is 0 Å². The molecule has 9 heteroatoms. The first-order valence-corrected chi connectivity index (χ1v) is 13.3. The van der Waals surface area contributed by atoms with E-state index in [0.29, 0.717) is 25.1 Å². The summed E-state index contributed by atoms with van der Waals surface area (Å²) in [4.78, 5) is 23.9. The molecule has 4 rings (SSSR count). The largest absolute Gasteiger partial charge is 0.444 e. The SMILES string of the molecule is CCC[C@H](C)Nc1ncc2c(C3CCN(C(=O)OC(C)(C)C)CC3)nn(C3CCC(O)CC3)c2n1. The molecule has 1 saturated heterocycles. The van der Waals surface area contributed by atoms with Crippen molar-refractivity contribution in [2.75, 3.05) is 18.4 Å². The molecule has 1 aliphatic carbocycles. The fourth-order valence-electron chi connectivity index (χ4n) is 5.26. The molecule has 0 aromatic carbocycles. The molecule has 1 amide bonds. The van der Waals surface area contributed by atoms with Gasteiger partial charge in [-0.3, -0.25) is 0 Å². The van der Waals surface area contributed by atoms with E-state index in [4.69, 9.17) is 14.8 Å². The molecule has 0 radical (unpaired) electrons. The van der Waals surface area contributed by atoms with Crippen molar-refractivity contribution in [2.24, 2.45) is 0 Å². The molecule has 2 aliphatic rings. The average Bonchev–Trinajstić information content (AvgIpc) is 3.17. The lowest BCUT2D eigenvalue weighted by atomic mass is 9.92. The van der Waals surface area contributed by atoms with E-state index in [1.54, 1.807) is 4.90 Å². The first-order chi connectivity index (χ1) is 16.6. The van der Waals surface area contributed by atoms with Crippen molar-refractivity contribution in [1.29, 1.82) is 0 Å². The van der Waals surface area contributed by atoms with Gasteiger partial charge in [-0.1, -0.05) is 13.3 Å². The summed E-state index contributed by atoms with van der Waals surface area (Å²) >= 11 is 0. The second-order valence-corrected chi connectivity index (χ2v) is 11.3. The lowest BCUT2D eigenvalue weighted by molar-refractivity contribution is 0.0204. The summed E-state index contributed by atoms with van der Waals surface area (Å²) in [5.41, 5.74) is 1.41. The van der Waals surface area contributed by atoms with Crippen molar-refractivity contribution < 1.29 is 14.6 Å². The zero-order valence-corrected chi connectivity index (χ0v) is 22.0. The van der Waals surface area contributed by atoms with Gasteiger partial charge in [-0.25, -0.2) is 14.5 Å². The molecule has 3 heterocycles. The maximum atomic E-state index is 12.5. The van der Waals surface area contributed by atoms with Crippen LogP contribution in [0.25, 0.3) is 11.0 Å². The van der Waals surface area contributed by atoms with Crippen molar-refractivity contribution in [3.8, 4) is 0 Å². The number of ether oxygens (including phenoxy) is 1. The molecule has 0 spiro atoms. The Labute approximate surface area is 208 Å². The fourth-order valence-corrected chi connectivity index (χ4v) is 5.26. The standard InChI is InChI=1S/C26H42N6O3/c1-6-7-17(2)28-24-27-16-21-22(18-12-14-31(15-13-18)25(34)35-26(3,4)5)30-32(23(21)29-24)19-8-10-20(33)11-9-19/h16-20,33H,6-15H2,1-5H3,(H,27,28,29)/t17-,19?,20?/m0/s1. The molecule has 2 N–H and O–H groups in total. The molecule has 9 nitrogen and oxygen atoms in total. The Morgan fingerprint density at radius 3 is 2.51 bits per heavy atom. The summed E-state index contributed by atoms with van der Waals surface area (Å²) in [5.74, 6) is 0.884. The Balaban J connectivity index is 1.57. The molecular formula is C26H42N6O3. The molecule has 0 bridgehead atoms. The minimum atomic E-state index is -0.492. The molecule has 194 valence electrons. The van der Waals surface area contributed by atoms with E-state index in [9.17, 15) is 9.90 Å².